The lowest BCUT2D eigenvalue weighted by atomic mass is 9.52. The number of halogens is 1. The van der Waals surface area contributed by atoms with Gasteiger partial charge in [0.05, 0.1) is 28.3 Å². The van der Waals surface area contributed by atoms with Crippen LogP contribution in [-0.4, -0.2) is 91.2 Å². The summed E-state index contributed by atoms with van der Waals surface area (Å²) in [4.78, 5) is 38.7. The topological polar surface area (TPSA) is 192 Å². The summed E-state index contributed by atoms with van der Waals surface area (Å²) < 4.78 is 56.3. The lowest BCUT2D eigenvalue weighted by molar-refractivity contribution is -0.194. The largest absolute Gasteiger partial charge is 0.457 e. The molecule has 1 spiro atoms. The summed E-state index contributed by atoms with van der Waals surface area (Å²) in [5.41, 5.74) is -5.20. The molecule has 0 radical (unpaired) electrons. The van der Waals surface area contributed by atoms with Crippen LogP contribution in [0.5, 0.6) is 0 Å². The first kappa shape index (κ1) is 31.5. The highest BCUT2D eigenvalue weighted by atomic mass is 127. The first-order valence-corrected chi connectivity index (χ1v) is 15.9. The molecule has 3 saturated heterocycles. The van der Waals surface area contributed by atoms with Crippen LogP contribution in [0.2, 0.25) is 0 Å². The number of esters is 3. The number of hydrogen-bond donors (Lipinski definition) is 3. The van der Waals surface area contributed by atoms with E-state index in [9.17, 15) is 38.1 Å². The molecule has 1 aliphatic carbocycles. The van der Waals surface area contributed by atoms with Crippen molar-refractivity contribution in [1.82, 2.24) is 0 Å². The Hall–Kier alpha value is -1.89. The van der Waals surface area contributed by atoms with Crippen molar-refractivity contribution in [1.29, 1.82) is 0 Å². The number of rotatable bonds is 8. The van der Waals surface area contributed by atoms with Gasteiger partial charge in [-0.15, -0.1) is 0 Å². The number of benzene rings is 1. The van der Waals surface area contributed by atoms with E-state index in [1.54, 1.807) is 32.9 Å². The number of carbonyl (C=O) groups excluding carboxylic acids is 3. The van der Waals surface area contributed by atoms with Crippen molar-refractivity contribution < 1.29 is 61.3 Å². The second kappa shape index (κ2) is 10.3. The lowest BCUT2D eigenvalue weighted by Gasteiger charge is -2.48. The third kappa shape index (κ3) is 4.18. The summed E-state index contributed by atoms with van der Waals surface area (Å²) in [5, 5.41) is 33.9. The maximum atomic E-state index is 13.6. The molecular weight excluding hydrogens is 691 g/mol. The molecule has 1 aromatic carbocycles. The molecule has 0 amide bonds. The van der Waals surface area contributed by atoms with Gasteiger partial charge in [0, 0.05) is 9.49 Å². The van der Waals surface area contributed by atoms with Gasteiger partial charge in [-0.1, -0.05) is 34.6 Å². The van der Waals surface area contributed by atoms with Gasteiger partial charge in [-0.3, -0.25) is 8.98 Å². The van der Waals surface area contributed by atoms with Crippen molar-refractivity contribution in [2.45, 2.75) is 82.4 Å². The molecule has 1 saturated carbocycles. The van der Waals surface area contributed by atoms with E-state index in [4.69, 9.17) is 23.1 Å². The fraction of sp³-hybridized carbons (Fsp3) is 0.667. The van der Waals surface area contributed by atoms with Gasteiger partial charge in [0.25, 0.3) is 10.1 Å². The third-order valence-electron chi connectivity index (χ3n) is 8.84. The van der Waals surface area contributed by atoms with Crippen molar-refractivity contribution >= 4 is 50.6 Å². The molecule has 0 aromatic heterocycles. The van der Waals surface area contributed by atoms with E-state index < -0.39 is 106 Å². The molecule has 3 heterocycles. The Balaban J connectivity index is 1.74. The molecule has 232 valence electrons. The van der Waals surface area contributed by atoms with Crippen LogP contribution in [0.25, 0.3) is 0 Å². The normalized spacial score (nSPS) is 36.8. The molecule has 42 heavy (non-hydrogen) atoms. The van der Waals surface area contributed by atoms with Crippen molar-refractivity contribution in [3.8, 4) is 0 Å². The molecular formula is C27H33IO13S. The Morgan fingerprint density at radius 3 is 2.29 bits per heavy atom. The summed E-state index contributed by atoms with van der Waals surface area (Å²) in [7, 11) is -4.56. The number of hydrogen-bond acceptors (Lipinski definition) is 13. The number of aliphatic hydroxyl groups excluding tert-OH is 3. The van der Waals surface area contributed by atoms with E-state index in [1.807, 2.05) is 22.6 Å². The molecule has 3 N–H and O–H groups in total. The summed E-state index contributed by atoms with van der Waals surface area (Å²) in [6, 6.07) is 5.79. The first-order chi connectivity index (χ1) is 19.5. The highest BCUT2D eigenvalue weighted by molar-refractivity contribution is 14.1. The minimum absolute atomic E-state index is 0.202. The first-order valence-electron chi connectivity index (χ1n) is 13.4. The average molecular weight is 725 g/mol. The molecule has 5 rings (SSSR count). The Bertz CT molecular complexity index is 1390. The van der Waals surface area contributed by atoms with Gasteiger partial charge in [-0.25, -0.2) is 9.59 Å². The van der Waals surface area contributed by atoms with Crippen molar-refractivity contribution in [2.24, 2.45) is 28.1 Å². The van der Waals surface area contributed by atoms with Crippen molar-refractivity contribution in [3.63, 3.8) is 0 Å². The van der Waals surface area contributed by atoms with Gasteiger partial charge in [-0.05, 0) is 52.3 Å². The minimum atomic E-state index is -4.56. The summed E-state index contributed by atoms with van der Waals surface area (Å²) in [5.74, 6) is -4.78. The zero-order valence-electron chi connectivity index (χ0n) is 23.4. The van der Waals surface area contributed by atoms with Gasteiger partial charge in [0.2, 0.25) is 6.29 Å². The van der Waals surface area contributed by atoms with Crippen LogP contribution in [0.4, 0.5) is 0 Å². The van der Waals surface area contributed by atoms with Crippen LogP contribution in [0.15, 0.2) is 29.2 Å². The smallest absolute Gasteiger partial charge is 0.338 e. The zero-order chi connectivity index (χ0) is 31.2. The third-order valence-corrected chi connectivity index (χ3v) is 10.9. The predicted octanol–water partition coefficient (Wildman–Crippen LogP) is 0.503. The summed E-state index contributed by atoms with van der Waals surface area (Å²) in [6.45, 7) is 7.24. The molecule has 13 nitrogen and oxygen atoms in total. The fourth-order valence-corrected chi connectivity index (χ4v) is 8.88. The number of aliphatic hydroxyl groups is 3. The van der Waals surface area contributed by atoms with E-state index in [0.717, 1.165) is 3.57 Å². The highest BCUT2D eigenvalue weighted by Crippen LogP contribution is 2.76. The van der Waals surface area contributed by atoms with Crippen molar-refractivity contribution in [3.05, 3.63) is 27.8 Å². The fourth-order valence-electron chi connectivity index (χ4n) is 7.43. The summed E-state index contributed by atoms with van der Waals surface area (Å²) >= 11 is 2.01. The second-order valence-corrected chi connectivity index (χ2v) is 15.3. The maximum Gasteiger partial charge on any atom is 0.338 e. The predicted molar refractivity (Wildman–Crippen MR) is 147 cm³/mol. The lowest BCUT2D eigenvalue weighted by Crippen LogP contribution is -2.64. The Labute approximate surface area is 256 Å². The molecule has 15 heteroatoms. The standard InChI is InChI=1S/C27H33IO13S/c1-11(2)21(32)37-14(10-29)17(30)27-19-15(41-42(35,36)13-8-6-12(28)7-9-13)16(25(3,4)5)26(27)18(31)22(33)40-24(26)39-20(27)23(34)38-19/h6-9,11,14-20,24,29-31H,10H2,1-5H3/t14?,15-,16+,17+,18+,19?,20?,24?,26?,27?/m1/s1. The van der Waals surface area contributed by atoms with Crippen molar-refractivity contribution in [2.75, 3.05) is 6.61 Å². The SMILES string of the molecule is CC(C)C(=O)OC(CO)[C@H](O)C12C3OC4OC(=O)[C@H](O)C41[C@H](C(C)(C)C)[C@@H](OS(=O)(=O)c1ccc(I)cc1)C2OC3=O. The van der Waals surface area contributed by atoms with Gasteiger partial charge >= 0.3 is 17.9 Å². The van der Waals surface area contributed by atoms with Crippen LogP contribution in [0.1, 0.15) is 34.6 Å². The van der Waals surface area contributed by atoms with E-state index in [0.29, 0.717) is 0 Å². The van der Waals surface area contributed by atoms with E-state index in [2.05, 4.69) is 0 Å². The van der Waals surface area contributed by atoms with Crippen LogP contribution >= 0.6 is 22.6 Å². The van der Waals surface area contributed by atoms with E-state index >= 15 is 0 Å². The van der Waals surface area contributed by atoms with Gasteiger partial charge in [0.1, 0.15) is 18.3 Å². The minimum Gasteiger partial charge on any atom is -0.457 e. The highest BCUT2D eigenvalue weighted by Gasteiger charge is 2.93. The summed E-state index contributed by atoms with van der Waals surface area (Å²) in [6.07, 6.45) is -12.3. The van der Waals surface area contributed by atoms with Crippen LogP contribution in [0.3, 0.4) is 0 Å². The van der Waals surface area contributed by atoms with Gasteiger partial charge in [0.15, 0.2) is 18.3 Å². The molecule has 4 aliphatic rings. The van der Waals surface area contributed by atoms with Gasteiger partial charge < -0.3 is 34.3 Å². The molecule has 0 bridgehead atoms. The molecule has 6 unspecified atom stereocenters. The van der Waals surface area contributed by atoms with Crippen LogP contribution < -0.4 is 0 Å². The number of ether oxygens (including phenoxy) is 4. The van der Waals surface area contributed by atoms with Crippen LogP contribution in [0, 0.1) is 31.7 Å². The number of carbonyl (C=O) groups is 3. The maximum absolute atomic E-state index is 13.6. The second-order valence-electron chi connectivity index (χ2n) is 12.5. The van der Waals surface area contributed by atoms with Gasteiger partial charge in [-0.2, -0.15) is 8.42 Å². The monoisotopic (exact) mass is 724 g/mol. The van der Waals surface area contributed by atoms with Crippen LogP contribution in [-0.2, 0) is 47.6 Å². The molecule has 4 fully saturated rings. The van der Waals surface area contributed by atoms with E-state index in [-0.39, 0.29) is 4.90 Å². The molecule has 3 aliphatic heterocycles. The average Bonchev–Trinajstić information content (AvgIpc) is 3.52. The Morgan fingerprint density at radius 1 is 1.12 bits per heavy atom. The Kier molecular flexibility index (Phi) is 7.76. The quantitative estimate of drug-likeness (QED) is 0.146. The van der Waals surface area contributed by atoms with E-state index in [1.165, 1.54) is 26.0 Å². The Morgan fingerprint density at radius 2 is 1.74 bits per heavy atom. The molecule has 10 atom stereocenters. The molecule has 1 aromatic rings. The zero-order valence-corrected chi connectivity index (χ0v) is 26.4.